The van der Waals surface area contributed by atoms with Crippen LogP contribution in [0.3, 0.4) is 0 Å². The minimum absolute atomic E-state index is 0.0708. The Morgan fingerprint density at radius 3 is 2.68 bits per heavy atom. The van der Waals surface area contributed by atoms with E-state index < -0.39 is 9.84 Å². The van der Waals surface area contributed by atoms with Gasteiger partial charge in [-0.15, -0.1) is 0 Å². The molecule has 2 aromatic heterocycles. The molecule has 4 rings (SSSR count). The van der Waals surface area contributed by atoms with Crippen LogP contribution >= 0.6 is 11.6 Å². The molecule has 2 heterocycles. The Bertz CT molecular complexity index is 1370. The van der Waals surface area contributed by atoms with Gasteiger partial charge >= 0.3 is 0 Å². The SMILES string of the molecule is CS(=O)(=O)c1cc(NC(=O)Cc2ccccc2Cl)cc2nn(Cc3cccnc3)cc12. The molecule has 0 fully saturated rings. The third-order valence-corrected chi connectivity index (χ3v) is 6.20. The van der Waals surface area contributed by atoms with Crippen molar-refractivity contribution in [2.24, 2.45) is 0 Å². The van der Waals surface area contributed by atoms with Gasteiger partial charge in [0, 0.05) is 40.9 Å². The standard InChI is InChI=1S/C22H19ClN4O3S/c1-31(29,30)21-11-17(25-22(28)9-16-6-2-3-7-19(16)23)10-20-18(21)14-27(26-20)13-15-5-4-8-24-12-15/h2-8,10-12,14H,9,13H2,1H3,(H,25,28). The predicted molar refractivity (Wildman–Crippen MR) is 120 cm³/mol. The van der Waals surface area contributed by atoms with Gasteiger partial charge in [0.1, 0.15) is 0 Å². The lowest BCUT2D eigenvalue weighted by molar-refractivity contribution is -0.115. The Hall–Kier alpha value is -3.23. The molecule has 158 valence electrons. The number of halogens is 1. The molecule has 0 saturated heterocycles. The molecule has 0 bridgehead atoms. The van der Waals surface area contributed by atoms with Gasteiger partial charge in [0.05, 0.1) is 23.4 Å². The highest BCUT2D eigenvalue weighted by Crippen LogP contribution is 2.27. The van der Waals surface area contributed by atoms with Crippen molar-refractivity contribution in [2.45, 2.75) is 17.9 Å². The van der Waals surface area contributed by atoms with E-state index in [2.05, 4.69) is 15.4 Å². The van der Waals surface area contributed by atoms with Crippen molar-refractivity contribution in [2.75, 3.05) is 11.6 Å². The lowest BCUT2D eigenvalue weighted by Gasteiger charge is -2.09. The summed E-state index contributed by atoms with van der Waals surface area (Å²) < 4.78 is 26.5. The molecule has 7 nitrogen and oxygen atoms in total. The number of aromatic nitrogens is 3. The predicted octanol–water partition coefficient (Wildman–Crippen LogP) is 3.72. The average Bonchev–Trinajstić information content (AvgIpc) is 3.11. The zero-order chi connectivity index (χ0) is 22.0. The number of amides is 1. The molecule has 1 N–H and O–H groups in total. The van der Waals surface area contributed by atoms with E-state index in [1.54, 1.807) is 53.6 Å². The number of carbonyl (C=O) groups excluding carboxylic acids is 1. The molecule has 1 amide bonds. The molecule has 0 radical (unpaired) electrons. The molecule has 0 aliphatic rings. The number of pyridine rings is 1. The first-order chi connectivity index (χ1) is 14.8. The molecular weight excluding hydrogens is 436 g/mol. The molecule has 0 atom stereocenters. The second-order valence-electron chi connectivity index (χ2n) is 7.18. The van der Waals surface area contributed by atoms with E-state index in [0.29, 0.717) is 33.7 Å². The summed E-state index contributed by atoms with van der Waals surface area (Å²) in [6.45, 7) is 0.444. The normalized spacial score (nSPS) is 11.5. The van der Waals surface area contributed by atoms with Crippen molar-refractivity contribution in [1.29, 1.82) is 0 Å². The van der Waals surface area contributed by atoms with Gasteiger partial charge in [-0.2, -0.15) is 5.10 Å². The fraction of sp³-hybridized carbons (Fsp3) is 0.136. The number of rotatable bonds is 6. The summed E-state index contributed by atoms with van der Waals surface area (Å²) in [5.41, 5.74) is 2.45. The molecule has 0 aliphatic heterocycles. The van der Waals surface area contributed by atoms with Crippen LogP contribution in [0.25, 0.3) is 10.9 Å². The van der Waals surface area contributed by atoms with Crippen LogP contribution in [-0.2, 0) is 27.6 Å². The number of nitrogens with one attached hydrogen (secondary N) is 1. The average molecular weight is 455 g/mol. The van der Waals surface area contributed by atoms with E-state index in [9.17, 15) is 13.2 Å². The first-order valence-corrected chi connectivity index (χ1v) is 11.7. The number of anilines is 1. The number of sulfone groups is 1. The molecule has 0 spiro atoms. The summed E-state index contributed by atoms with van der Waals surface area (Å²) >= 11 is 6.13. The molecule has 0 saturated carbocycles. The van der Waals surface area contributed by atoms with Gasteiger partial charge in [0.2, 0.25) is 5.91 Å². The third-order valence-electron chi connectivity index (χ3n) is 4.69. The molecule has 0 aliphatic carbocycles. The summed E-state index contributed by atoms with van der Waals surface area (Å²) in [6.07, 6.45) is 6.30. The van der Waals surface area contributed by atoms with Crippen LogP contribution in [0.15, 0.2) is 72.0 Å². The quantitative estimate of drug-likeness (QED) is 0.479. The topological polar surface area (TPSA) is 94.0 Å². The monoisotopic (exact) mass is 454 g/mol. The van der Waals surface area contributed by atoms with E-state index in [1.165, 1.54) is 6.07 Å². The molecule has 2 aromatic carbocycles. The van der Waals surface area contributed by atoms with Gasteiger partial charge in [0.25, 0.3) is 0 Å². The van der Waals surface area contributed by atoms with E-state index >= 15 is 0 Å². The zero-order valence-electron chi connectivity index (χ0n) is 16.6. The second-order valence-corrected chi connectivity index (χ2v) is 9.58. The van der Waals surface area contributed by atoms with Crippen LogP contribution in [0.1, 0.15) is 11.1 Å². The minimum Gasteiger partial charge on any atom is -0.326 e. The summed E-state index contributed by atoms with van der Waals surface area (Å²) in [7, 11) is -3.55. The molecular formula is C22H19ClN4O3S. The molecule has 4 aromatic rings. The van der Waals surface area contributed by atoms with Crippen molar-refractivity contribution in [3.05, 3.63) is 83.3 Å². The molecule has 0 unspecified atom stereocenters. The molecule has 31 heavy (non-hydrogen) atoms. The van der Waals surface area contributed by atoms with Gasteiger partial charge < -0.3 is 5.32 Å². The van der Waals surface area contributed by atoms with Gasteiger partial charge in [-0.3, -0.25) is 14.5 Å². The summed E-state index contributed by atoms with van der Waals surface area (Å²) in [6, 6.07) is 13.9. The summed E-state index contributed by atoms with van der Waals surface area (Å²) in [5.74, 6) is -0.304. The van der Waals surface area contributed by atoms with E-state index in [0.717, 1.165) is 11.8 Å². The Labute approximate surface area is 184 Å². The van der Waals surface area contributed by atoms with Crippen LogP contribution in [0.5, 0.6) is 0 Å². The number of nitrogens with zero attached hydrogens (tertiary/aromatic N) is 3. The highest BCUT2D eigenvalue weighted by Gasteiger charge is 2.18. The van der Waals surface area contributed by atoms with E-state index in [-0.39, 0.29) is 17.2 Å². The third kappa shape index (κ3) is 4.92. The number of benzene rings is 2. The largest absolute Gasteiger partial charge is 0.326 e. The number of hydrogen-bond acceptors (Lipinski definition) is 5. The van der Waals surface area contributed by atoms with E-state index in [1.807, 2.05) is 12.1 Å². The maximum Gasteiger partial charge on any atom is 0.228 e. The van der Waals surface area contributed by atoms with Crippen molar-refractivity contribution in [3.8, 4) is 0 Å². The first-order valence-electron chi connectivity index (χ1n) is 9.43. The Morgan fingerprint density at radius 2 is 1.97 bits per heavy atom. The Balaban J connectivity index is 1.66. The minimum atomic E-state index is -3.55. The van der Waals surface area contributed by atoms with Crippen LogP contribution < -0.4 is 5.32 Å². The van der Waals surface area contributed by atoms with Crippen molar-refractivity contribution >= 4 is 43.9 Å². The maximum absolute atomic E-state index is 12.5. The second kappa shape index (κ2) is 8.49. The van der Waals surface area contributed by atoms with Gasteiger partial charge in [-0.1, -0.05) is 35.9 Å². The lowest BCUT2D eigenvalue weighted by atomic mass is 10.1. The van der Waals surface area contributed by atoms with Crippen LogP contribution in [0, 0.1) is 0 Å². The fourth-order valence-electron chi connectivity index (χ4n) is 3.30. The molecule has 9 heteroatoms. The highest BCUT2D eigenvalue weighted by molar-refractivity contribution is 7.91. The number of carbonyl (C=O) groups is 1. The fourth-order valence-corrected chi connectivity index (χ4v) is 4.40. The van der Waals surface area contributed by atoms with Crippen molar-refractivity contribution in [1.82, 2.24) is 14.8 Å². The highest BCUT2D eigenvalue weighted by atomic mass is 35.5. The summed E-state index contributed by atoms with van der Waals surface area (Å²) in [5, 5.41) is 8.26. The number of hydrogen-bond donors (Lipinski definition) is 1. The smallest absolute Gasteiger partial charge is 0.228 e. The first kappa shape index (κ1) is 21.0. The van der Waals surface area contributed by atoms with Gasteiger partial charge in [0.15, 0.2) is 9.84 Å². The van der Waals surface area contributed by atoms with Crippen molar-refractivity contribution < 1.29 is 13.2 Å². The number of fused-ring (bicyclic) bond motifs is 1. The lowest BCUT2D eigenvalue weighted by Crippen LogP contribution is -2.15. The summed E-state index contributed by atoms with van der Waals surface area (Å²) in [4.78, 5) is 16.7. The van der Waals surface area contributed by atoms with Gasteiger partial charge in [-0.05, 0) is 35.4 Å². The Morgan fingerprint density at radius 1 is 1.16 bits per heavy atom. The van der Waals surface area contributed by atoms with Crippen LogP contribution in [-0.4, -0.2) is 35.3 Å². The Kier molecular flexibility index (Phi) is 5.75. The van der Waals surface area contributed by atoms with Crippen molar-refractivity contribution in [3.63, 3.8) is 0 Å². The van der Waals surface area contributed by atoms with Crippen LogP contribution in [0.4, 0.5) is 5.69 Å². The van der Waals surface area contributed by atoms with Gasteiger partial charge in [-0.25, -0.2) is 8.42 Å². The maximum atomic E-state index is 12.5. The van der Waals surface area contributed by atoms with E-state index in [4.69, 9.17) is 11.6 Å². The van der Waals surface area contributed by atoms with Crippen LogP contribution in [0.2, 0.25) is 5.02 Å². The zero-order valence-corrected chi connectivity index (χ0v) is 18.2.